The van der Waals surface area contributed by atoms with Crippen LogP contribution in [0.5, 0.6) is 0 Å². The number of carboxylic acid groups (broad SMARTS) is 3. The van der Waals surface area contributed by atoms with E-state index >= 15 is 0 Å². The molecule has 1 aliphatic rings. The van der Waals surface area contributed by atoms with Gasteiger partial charge in [-0.3, -0.25) is 29.1 Å². The number of aliphatic hydroxyl groups is 1. The molecule has 10 heteroatoms. The van der Waals surface area contributed by atoms with Gasteiger partial charge in [0.05, 0.1) is 26.2 Å². The summed E-state index contributed by atoms with van der Waals surface area (Å²) in [5.74, 6) is -3.07. The maximum absolute atomic E-state index is 11.1. The van der Waals surface area contributed by atoms with Crippen LogP contribution in [0.15, 0.2) is 0 Å². The lowest BCUT2D eigenvalue weighted by Crippen LogP contribution is -2.59. The molecular formula is C14H25N3O7. The van der Waals surface area contributed by atoms with Crippen LogP contribution in [0.1, 0.15) is 6.92 Å². The summed E-state index contributed by atoms with van der Waals surface area (Å²) >= 11 is 0. The standard InChI is InChI=1S/C14H25N3O7/c1-14(17(4-5-18)8-13(23)24)9-15(6-11(19)20)2-3-16(10-14)7-12(21)22/h18H,2-10H2,1H3,(H,19,20)(H,21,22)(H,23,24). The average Bonchev–Trinajstić information content (AvgIpc) is 2.56. The fraction of sp³-hybridized carbons (Fsp3) is 0.786. The molecule has 0 atom stereocenters. The zero-order valence-corrected chi connectivity index (χ0v) is 13.7. The van der Waals surface area contributed by atoms with Gasteiger partial charge in [-0.15, -0.1) is 0 Å². The van der Waals surface area contributed by atoms with Crippen LogP contribution in [-0.2, 0) is 14.4 Å². The Morgan fingerprint density at radius 2 is 1.42 bits per heavy atom. The van der Waals surface area contributed by atoms with Crippen LogP contribution in [0.4, 0.5) is 0 Å². The Bertz CT molecular complexity index is 445. The van der Waals surface area contributed by atoms with Crippen molar-refractivity contribution in [3.05, 3.63) is 0 Å². The molecule has 1 aliphatic heterocycles. The first kappa shape index (κ1) is 20.3. The molecule has 0 unspecified atom stereocenters. The van der Waals surface area contributed by atoms with Gasteiger partial charge in [0, 0.05) is 38.3 Å². The topological polar surface area (TPSA) is 142 Å². The van der Waals surface area contributed by atoms with Crippen LogP contribution in [0.3, 0.4) is 0 Å². The number of hydrogen-bond acceptors (Lipinski definition) is 7. The minimum absolute atomic E-state index is 0.102. The van der Waals surface area contributed by atoms with Gasteiger partial charge in [0.25, 0.3) is 0 Å². The van der Waals surface area contributed by atoms with Crippen LogP contribution < -0.4 is 0 Å². The lowest BCUT2D eigenvalue weighted by molar-refractivity contribution is -0.142. The van der Waals surface area contributed by atoms with Crippen molar-refractivity contribution in [2.75, 3.05) is 59.0 Å². The number of rotatable bonds is 9. The third-order valence-electron chi connectivity index (χ3n) is 4.04. The van der Waals surface area contributed by atoms with E-state index in [4.69, 9.17) is 15.3 Å². The number of aliphatic carboxylic acids is 3. The fourth-order valence-corrected chi connectivity index (χ4v) is 3.13. The van der Waals surface area contributed by atoms with Gasteiger partial charge in [0.15, 0.2) is 0 Å². The largest absolute Gasteiger partial charge is 0.480 e. The smallest absolute Gasteiger partial charge is 0.317 e. The molecule has 1 saturated heterocycles. The Kier molecular flexibility index (Phi) is 7.55. The van der Waals surface area contributed by atoms with E-state index in [1.807, 2.05) is 0 Å². The monoisotopic (exact) mass is 347 g/mol. The van der Waals surface area contributed by atoms with Gasteiger partial charge in [-0.2, -0.15) is 0 Å². The summed E-state index contributed by atoms with van der Waals surface area (Å²) in [6.07, 6.45) is 0. The summed E-state index contributed by atoms with van der Waals surface area (Å²) in [6.45, 7) is 2.15. The zero-order valence-electron chi connectivity index (χ0n) is 13.7. The van der Waals surface area contributed by atoms with E-state index < -0.39 is 23.4 Å². The number of nitrogens with zero attached hydrogens (tertiary/aromatic N) is 3. The summed E-state index contributed by atoms with van der Waals surface area (Å²) in [5.41, 5.74) is -0.803. The third-order valence-corrected chi connectivity index (χ3v) is 4.04. The Labute approximate surface area is 139 Å². The molecule has 1 fully saturated rings. The maximum Gasteiger partial charge on any atom is 0.317 e. The Morgan fingerprint density at radius 3 is 1.75 bits per heavy atom. The highest BCUT2D eigenvalue weighted by molar-refractivity contribution is 5.70. The Balaban J connectivity index is 3.05. The maximum atomic E-state index is 11.1. The number of carboxylic acids is 3. The normalized spacial score (nSPS) is 19.1. The third kappa shape index (κ3) is 6.40. The predicted molar refractivity (Wildman–Crippen MR) is 82.9 cm³/mol. The van der Waals surface area contributed by atoms with Crippen molar-refractivity contribution in [1.29, 1.82) is 0 Å². The molecule has 0 spiro atoms. The molecule has 1 heterocycles. The number of β-amino-alcohol motifs (C(OH)–C–C–N with tert-alkyl or cyclic N) is 1. The van der Waals surface area contributed by atoms with E-state index in [0.717, 1.165) is 0 Å². The molecule has 0 aromatic heterocycles. The van der Waals surface area contributed by atoms with E-state index in [-0.39, 0.29) is 45.9 Å². The number of aliphatic hydroxyl groups excluding tert-OH is 1. The highest BCUT2D eigenvalue weighted by atomic mass is 16.4. The summed E-state index contributed by atoms with van der Waals surface area (Å²) in [7, 11) is 0. The van der Waals surface area contributed by atoms with Crippen LogP contribution >= 0.6 is 0 Å². The molecule has 0 aromatic carbocycles. The van der Waals surface area contributed by atoms with Gasteiger partial charge in [0.1, 0.15) is 0 Å². The van der Waals surface area contributed by atoms with Gasteiger partial charge < -0.3 is 20.4 Å². The molecule has 1 rings (SSSR count). The molecule has 24 heavy (non-hydrogen) atoms. The molecule has 0 aliphatic carbocycles. The first-order valence-corrected chi connectivity index (χ1v) is 7.62. The SMILES string of the molecule is CC1(N(CCO)CC(=O)O)CN(CC(=O)O)CCN(CC(=O)O)C1. The highest BCUT2D eigenvalue weighted by Gasteiger charge is 2.39. The second-order valence-electron chi connectivity index (χ2n) is 6.24. The van der Waals surface area contributed by atoms with Gasteiger partial charge in [-0.1, -0.05) is 0 Å². The van der Waals surface area contributed by atoms with Crippen molar-refractivity contribution >= 4 is 17.9 Å². The van der Waals surface area contributed by atoms with Gasteiger partial charge in [-0.05, 0) is 6.92 Å². The van der Waals surface area contributed by atoms with Crippen LogP contribution in [0.25, 0.3) is 0 Å². The van der Waals surface area contributed by atoms with Crippen LogP contribution in [0.2, 0.25) is 0 Å². The van der Waals surface area contributed by atoms with Crippen LogP contribution in [-0.4, -0.2) is 118 Å². The van der Waals surface area contributed by atoms with E-state index in [9.17, 15) is 19.5 Å². The summed E-state index contributed by atoms with van der Waals surface area (Å²) < 4.78 is 0. The second-order valence-corrected chi connectivity index (χ2v) is 6.24. The van der Waals surface area contributed by atoms with E-state index in [1.165, 1.54) is 0 Å². The van der Waals surface area contributed by atoms with Crippen molar-refractivity contribution in [2.24, 2.45) is 0 Å². The number of carbonyl (C=O) groups is 3. The lowest BCUT2D eigenvalue weighted by Gasteiger charge is -2.43. The minimum atomic E-state index is -1.07. The van der Waals surface area contributed by atoms with E-state index in [1.54, 1.807) is 21.6 Å². The Morgan fingerprint density at radius 1 is 0.958 bits per heavy atom. The average molecular weight is 347 g/mol. The van der Waals surface area contributed by atoms with Crippen LogP contribution in [0, 0.1) is 0 Å². The van der Waals surface area contributed by atoms with E-state index in [0.29, 0.717) is 13.1 Å². The summed E-state index contributed by atoms with van der Waals surface area (Å²) in [6, 6.07) is 0. The first-order valence-electron chi connectivity index (χ1n) is 7.62. The summed E-state index contributed by atoms with van der Waals surface area (Å²) in [5, 5.41) is 36.4. The van der Waals surface area contributed by atoms with Crippen molar-refractivity contribution < 1.29 is 34.8 Å². The fourth-order valence-electron chi connectivity index (χ4n) is 3.13. The molecule has 138 valence electrons. The molecule has 0 bridgehead atoms. The molecule has 4 N–H and O–H groups in total. The predicted octanol–water partition coefficient (Wildman–Crippen LogP) is -2.09. The molecule has 0 aromatic rings. The van der Waals surface area contributed by atoms with Crippen molar-refractivity contribution in [2.45, 2.75) is 12.5 Å². The lowest BCUT2D eigenvalue weighted by atomic mass is 9.98. The van der Waals surface area contributed by atoms with Gasteiger partial charge >= 0.3 is 17.9 Å². The van der Waals surface area contributed by atoms with E-state index in [2.05, 4.69) is 0 Å². The zero-order chi connectivity index (χ0) is 18.3. The highest BCUT2D eigenvalue weighted by Crippen LogP contribution is 2.21. The molecule has 0 radical (unpaired) electrons. The van der Waals surface area contributed by atoms with Gasteiger partial charge in [0.2, 0.25) is 0 Å². The van der Waals surface area contributed by atoms with Crippen molar-refractivity contribution in [3.63, 3.8) is 0 Å². The molecular weight excluding hydrogens is 322 g/mol. The molecule has 0 saturated carbocycles. The number of hydrogen-bond donors (Lipinski definition) is 4. The minimum Gasteiger partial charge on any atom is -0.480 e. The van der Waals surface area contributed by atoms with Crippen molar-refractivity contribution in [3.8, 4) is 0 Å². The Hall–Kier alpha value is -1.75. The molecule has 0 amide bonds. The quantitative estimate of drug-likeness (QED) is 0.367. The van der Waals surface area contributed by atoms with Crippen molar-refractivity contribution in [1.82, 2.24) is 14.7 Å². The summed E-state index contributed by atoms with van der Waals surface area (Å²) in [4.78, 5) is 38.1. The first-order chi connectivity index (χ1) is 11.2. The van der Waals surface area contributed by atoms with Gasteiger partial charge in [-0.25, -0.2) is 0 Å². The molecule has 10 nitrogen and oxygen atoms in total. The second kappa shape index (κ2) is 8.92.